The molecule has 1 amide bonds. The van der Waals surface area contributed by atoms with Crippen molar-refractivity contribution in [2.75, 3.05) is 0 Å². The van der Waals surface area contributed by atoms with Gasteiger partial charge in [0.05, 0.1) is 10.9 Å². The lowest BCUT2D eigenvalue weighted by atomic mass is 10.1. The summed E-state index contributed by atoms with van der Waals surface area (Å²) in [5.74, 6) is -0.588. The number of aryl methyl sites for hydroxylation is 1. The summed E-state index contributed by atoms with van der Waals surface area (Å²) < 4.78 is 39.8. The number of halogens is 3. The fourth-order valence-electron chi connectivity index (χ4n) is 2.67. The van der Waals surface area contributed by atoms with Crippen molar-refractivity contribution < 1.29 is 18.0 Å². The van der Waals surface area contributed by atoms with E-state index in [1.807, 2.05) is 0 Å². The third-order valence-electron chi connectivity index (χ3n) is 4.27. The zero-order valence-electron chi connectivity index (χ0n) is 14.9. The molecule has 0 unspecified atom stereocenters. The van der Waals surface area contributed by atoms with Crippen molar-refractivity contribution in [3.63, 3.8) is 0 Å². The van der Waals surface area contributed by atoms with Crippen LogP contribution in [-0.2, 0) is 26.8 Å². The topological polar surface area (TPSA) is 86.0 Å². The predicted octanol–water partition coefficient (Wildman–Crippen LogP) is 1.58. The van der Waals surface area contributed by atoms with E-state index < -0.39 is 28.9 Å². The molecule has 7 nitrogen and oxygen atoms in total. The first kappa shape index (κ1) is 19.3. The van der Waals surface area contributed by atoms with Crippen LogP contribution in [0.25, 0.3) is 11.0 Å². The molecule has 146 valence electrons. The normalized spacial score (nSPS) is 11.6. The Labute approximate surface area is 156 Å². The van der Waals surface area contributed by atoms with E-state index in [4.69, 9.17) is 0 Å². The van der Waals surface area contributed by atoms with Crippen LogP contribution in [0.5, 0.6) is 0 Å². The molecule has 0 aliphatic rings. The van der Waals surface area contributed by atoms with Gasteiger partial charge in [0.25, 0.3) is 11.5 Å². The molecule has 0 spiro atoms. The lowest BCUT2D eigenvalue weighted by Crippen LogP contribution is -2.37. The number of rotatable bonds is 3. The highest BCUT2D eigenvalue weighted by molar-refractivity contribution is 5.94. The number of fused-ring (bicyclic) bond motifs is 1. The molecule has 0 atom stereocenters. The van der Waals surface area contributed by atoms with Crippen molar-refractivity contribution in [1.82, 2.24) is 19.4 Å². The zero-order chi connectivity index (χ0) is 20.6. The van der Waals surface area contributed by atoms with Crippen molar-refractivity contribution in [1.29, 1.82) is 0 Å². The van der Waals surface area contributed by atoms with Crippen molar-refractivity contribution in [3.8, 4) is 0 Å². The van der Waals surface area contributed by atoms with E-state index in [0.29, 0.717) is 5.56 Å². The minimum atomic E-state index is -4.43. The highest BCUT2D eigenvalue weighted by atomic mass is 19.4. The number of carbonyl (C=O) groups is 1. The molecular formula is C18H15F3N4O3. The SMILES string of the molecule is Cn1c(=O)c2ccc(C(=O)NCc3ccc(C(F)(F)F)cc3)nc2n(C)c1=O. The summed E-state index contributed by atoms with van der Waals surface area (Å²) in [4.78, 5) is 40.5. The van der Waals surface area contributed by atoms with Crippen LogP contribution in [0.2, 0.25) is 0 Å². The van der Waals surface area contributed by atoms with Gasteiger partial charge in [-0.1, -0.05) is 12.1 Å². The molecule has 3 aromatic rings. The summed E-state index contributed by atoms with van der Waals surface area (Å²) in [6.45, 7) is -0.00776. The average molecular weight is 392 g/mol. The van der Waals surface area contributed by atoms with E-state index in [1.165, 1.54) is 38.4 Å². The van der Waals surface area contributed by atoms with Gasteiger partial charge >= 0.3 is 11.9 Å². The number of carbonyl (C=O) groups excluding carboxylic acids is 1. The Bertz CT molecular complexity index is 1180. The number of amides is 1. The fraction of sp³-hybridized carbons (Fsp3) is 0.222. The van der Waals surface area contributed by atoms with Crippen molar-refractivity contribution in [3.05, 3.63) is 74.1 Å². The highest BCUT2D eigenvalue weighted by Crippen LogP contribution is 2.29. The quantitative estimate of drug-likeness (QED) is 0.733. The van der Waals surface area contributed by atoms with Gasteiger partial charge in [-0.2, -0.15) is 13.2 Å². The van der Waals surface area contributed by atoms with E-state index in [9.17, 15) is 27.6 Å². The van der Waals surface area contributed by atoms with Crippen molar-refractivity contribution in [2.24, 2.45) is 14.1 Å². The minimum absolute atomic E-state index is 0.00776. The molecule has 0 saturated heterocycles. The van der Waals surface area contributed by atoms with Crippen LogP contribution in [0.15, 0.2) is 46.0 Å². The molecule has 0 saturated carbocycles. The second kappa shape index (κ2) is 6.95. The lowest BCUT2D eigenvalue weighted by molar-refractivity contribution is -0.137. The lowest BCUT2D eigenvalue weighted by Gasteiger charge is -2.10. The van der Waals surface area contributed by atoms with Crippen LogP contribution in [0.3, 0.4) is 0 Å². The first-order chi connectivity index (χ1) is 13.1. The number of benzene rings is 1. The molecule has 0 radical (unpaired) electrons. The molecule has 2 aromatic heterocycles. The zero-order valence-corrected chi connectivity index (χ0v) is 14.9. The second-order valence-electron chi connectivity index (χ2n) is 6.15. The maximum atomic E-state index is 12.6. The Kier molecular flexibility index (Phi) is 4.80. The Morgan fingerprint density at radius 2 is 1.68 bits per heavy atom. The van der Waals surface area contributed by atoms with Crippen LogP contribution in [0.4, 0.5) is 13.2 Å². The first-order valence-corrected chi connectivity index (χ1v) is 8.10. The molecule has 0 fully saturated rings. The summed E-state index contributed by atoms with van der Waals surface area (Å²) in [6, 6.07) is 7.14. The van der Waals surface area contributed by atoms with Gasteiger partial charge < -0.3 is 5.32 Å². The number of aromatic nitrogens is 3. The van der Waals surface area contributed by atoms with Gasteiger partial charge in [0.1, 0.15) is 11.3 Å². The molecule has 0 aliphatic heterocycles. The molecule has 2 heterocycles. The van der Waals surface area contributed by atoms with Crippen LogP contribution in [0.1, 0.15) is 21.6 Å². The van der Waals surface area contributed by atoms with Crippen LogP contribution < -0.4 is 16.6 Å². The summed E-state index contributed by atoms with van der Waals surface area (Å²) in [5, 5.41) is 2.73. The smallest absolute Gasteiger partial charge is 0.347 e. The molecule has 0 aliphatic carbocycles. The third kappa shape index (κ3) is 3.53. The molecule has 28 heavy (non-hydrogen) atoms. The summed E-state index contributed by atoms with van der Waals surface area (Å²) in [7, 11) is 2.77. The van der Waals surface area contributed by atoms with Gasteiger partial charge in [-0.3, -0.25) is 18.7 Å². The van der Waals surface area contributed by atoms with Gasteiger partial charge in [0.2, 0.25) is 0 Å². The third-order valence-corrected chi connectivity index (χ3v) is 4.27. The number of hydrogen-bond donors (Lipinski definition) is 1. The van der Waals surface area contributed by atoms with Crippen molar-refractivity contribution in [2.45, 2.75) is 12.7 Å². The summed E-state index contributed by atoms with van der Waals surface area (Å²) >= 11 is 0. The average Bonchev–Trinajstić information content (AvgIpc) is 2.68. The molecule has 3 rings (SSSR count). The number of alkyl halides is 3. The maximum Gasteiger partial charge on any atom is 0.416 e. The van der Waals surface area contributed by atoms with Gasteiger partial charge in [-0.25, -0.2) is 9.78 Å². The second-order valence-corrected chi connectivity index (χ2v) is 6.15. The van der Waals surface area contributed by atoms with Gasteiger partial charge in [0, 0.05) is 20.6 Å². The number of hydrogen-bond acceptors (Lipinski definition) is 4. The van der Waals surface area contributed by atoms with Crippen LogP contribution >= 0.6 is 0 Å². The maximum absolute atomic E-state index is 12.6. The highest BCUT2D eigenvalue weighted by Gasteiger charge is 2.29. The largest absolute Gasteiger partial charge is 0.416 e. The van der Waals surface area contributed by atoms with Gasteiger partial charge in [-0.15, -0.1) is 0 Å². The van der Waals surface area contributed by atoms with E-state index in [0.717, 1.165) is 21.3 Å². The van der Waals surface area contributed by atoms with E-state index in [1.54, 1.807) is 0 Å². The Balaban J connectivity index is 1.82. The Morgan fingerprint density at radius 1 is 1.04 bits per heavy atom. The monoisotopic (exact) mass is 392 g/mol. The van der Waals surface area contributed by atoms with Crippen molar-refractivity contribution >= 4 is 16.9 Å². The van der Waals surface area contributed by atoms with Gasteiger partial charge in [-0.05, 0) is 29.8 Å². The molecule has 10 heteroatoms. The first-order valence-electron chi connectivity index (χ1n) is 8.10. The standard InChI is InChI=1S/C18H15F3N4O3/c1-24-14-12(16(27)25(2)17(24)28)7-8-13(23-14)15(26)22-9-10-3-5-11(6-4-10)18(19,20)21/h3-8H,9H2,1-2H3,(H,22,26). The molecular weight excluding hydrogens is 377 g/mol. The molecule has 1 N–H and O–H groups in total. The minimum Gasteiger partial charge on any atom is -0.347 e. The molecule has 1 aromatic carbocycles. The van der Waals surface area contributed by atoms with E-state index in [-0.39, 0.29) is 23.3 Å². The van der Waals surface area contributed by atoms with Crippen LogP contribution in [-0.4, -0.2) is 20.0 Å². The predicted molar refractivity (Wildman–Crippen MR) is 94.8 cm³/mol. The molecule has 0 bridgehead atoms. The number of nitrogens with zero attached hydrogens (tertiary/aromatic N) is 3. The summed E-state index contributed by atoms with van der Waals surface area (Å²) in [5.41, 5.74) is -1.36. The Morgan fingerprint density at radius 3 is 2.29 bits per heavy atom. The Hall–Kier alpha value is -3.43. The fourth-order valence-corrected chi connectivity index (χ4v) is 2.67. The van der Waals surface area contributed by atoms with E-state index in [2.05, 4.69) is 10.3 Å². The summed E-state index contributed by atoms with van der Waals surface area (Å²) in [6.07, 6.45) is -4.43. The van der Waals surface area contributed by atoms with Gasteiger partial charge in [0.15, 0.2) is 0 Å². The number of nitrogens with one attached hydrogen (secondary N) is 1. The number of pyridine rings is 1. The van der Waals surface area contributed by atoms with E-state index >= 15 is 0 Å². The van der Waals surface area contributed by atoms with Crippen LogP contribution in [0, 0.1) is 0 Å².